The van der Waals surface area contributed by atoms with Gasteiger partial charge in [0.1, 0.15) is 6.04 Å². The molecule has 8 heteroatoms. The second-order valence-corrected chi connectivity index (χ2v) is 9.86. The summed E-state index contributed by atoms with van der Waals surface area (Å²) in [4.78, 5) is 39.2. The van der Waals surface area contributed by atoms with Gasteiger partial charge in [-0.2, -0.15) is 0 Å². The Bertz CT molecular complexity index is 601. The highest BCUT2D eigenvalue weighted by atomic mass is 16.3. The van der Waals surface area contributed by atoms with Crippen molar-refractivity contribution in [3.63, 3.8) is 0 Å². The number of aliphatic hydroxyl groups is 1. The third-order valence-corrected chi connectivity index (χ3v) is 6.75. The Labute approximate surface area is 200 Å². The summed E-state index contributed by atoms with van der Waals surface area (Å²) in [5.41, 5.74) is 0. The number of unbranched alkanes of at least 4 members (excludes halogenated alkanes) is 1. The molecule has 1 aliphatic rings. The maximum absolute atomic E-state index is 13.0. The van der Waals surface area contributed by atoms with E-state index < -0.39 is 18.2 Å². The molecule has 192 valence electrons. The van der Waals surface area contributed by atoms with Crippen LogP contribution in [0.3, 0.4) is 0 Å². The van der Waals surface area contributed by atoms with E-state index in [1.807, 2.05) is 6.92 Å². The van der Waals surface area contributed by atoms with Crippen LogP contribution in [0.1, 0.15) is 85.5 Å². The summed E-state index contributed by atoms with van der Waals surface area (Å²) in [6.45, 7) is 9.38. The average molecular weight is 469 g/mol. The quantitative estimate of drug-likeness (QED) is 0.428. The van der Waals surface area contributed by atoms with Gasteiger partial charge in [0, 0.05) is 19.5 Å². The highest BCUT2D eigenvalue weighted by Crippen LogP contribution is 2.20. The molecule has 0 aromatic rings. The summed E-state index contributed by atoms with van der Waals surface area (Å²) in [7, 11) is 1.63. The molecule has 2 unspecified atom stereocenters. The average Bonchev–Trinajstić information content (AvgIpc) is 2.78. The first-order chi connectivity index (χ1) is 15.7. The Kier molecular flexibility index (Phi) is 14.3. The minimum atomic E-state index is -0.836. The van der Waals surface area contributed by atoms with Crippen LogP contribution >= 0.6 is 0 Å². The van der Waals surface area contributed by atoms with Gasteiger partial charge in [-0.3, -0.25) is 14.4 Å². The van der Waals surface area contributed by atoms with E-state index >= 15 is 0 Å². The van der Waals surface area contributed by atoms with Crippen LogP contribution in [0.2, 0.25) is 0 Å². The fourth-order valence-electron chi connectivity index (χ4n) is 4.17. The van der Waals surface area contributed by atoms with Crippen LogP contribution in [-0.2, 0) is 14.4 Å². The lowest BCUT2D eigenvalue weighted by atomic mass is 9.89. The minimum absolute atomic E-state index is 0.0683. The fraction of sp³-hybridized carbons (Fsp3) is 0.880. The van der Waals surface area contributed by atoms with Crippen molar-refractivity contribution in [2.75, 3.05) is 26.7 Å². The van der Waals surface area contributed by atoms with Gasteiger partial charge >= 0.3 is 0 Å². The lowest BCUT2D eigenvalue weighted by Crippen LogP contribution is -2.53. The van der Waals surface area contributed by atoms with Gasteiger partial charge in [-0.1, -0.05) is 52.9 Å². The van der Waals surface area contributed by atoms with E-state index in [1.54, 1.807) is 14.0 Å². The highest BCUT2D eigenvalue weighted by Gasteiger charge is 2.30. The first-order valence-corrected chi connectivity index (χ1v) is 12.9. The van der Waals surface area contributed by atoms with E-state index in [1.165, 1.54) is 4.90 Å². The molecule has 0 aromatic heterocycles. The second kappa shape index (κ2) is 16.0. The molecule has 1 heterocycles. The standard InChI is InChI=1S/C25H48N4O4/c1-6-7-14-27-24(32)19(3)16-22(30)21-15-18(2)12-10-8-9-11-13-26-17-23(31)29(5)20(4)25(33)28-21/h18-22,26,30H,6-17H2,1-5H3,(H,27,32)(H,28,33)/t18-,19?,20+,21+,22?/m1/s1. The van der Waals surface area contributed by atoms with Gasteiger partial charge in [-0.15, -0.1) is 0 Å². The summed E-state index contributed by atoms with van der Waals surface area (Å²) in [5.74, 6) is -0.500. The van der Waals surface area contributed by atoms with E-state index in [0.29, 0.717) is 18.9 Å². The number of nitrogens with zero attached hydrogens (tertiary/aromatic N) is 1. The normalized spacial score (nSPS) is 26.4. The number of hydrogen-bond acceptors (Lipinski definition) is 5. The van der Waals surface area contributed by atoms with Gasteiger partial charge < -0.3 is 26.0 Å². The van der Waals surface area contributed by atoms with E-state index in [9.17, 15) is 19.5 Å². The SMILES string of the molecule is CCCCNC(=O)C(C)CC(O)[C@@H]1C[C@H](C)CCCCCCNCC(=O)N(C)[C@@H](C)C(=O)N1. The third-order valence-electron chi connectivity index (χ3n) is 6.75. The maximum atomic E-state index is 13.0. The predicted molar refractivity (Wildman–Crippen MR) is 132 cm³/mol. The molecule has 5 atom stereocenters. The first-order valence-electron chi connectivity index (χ1n) is 12.9. The van der Waals surface area contributed by atoms with Gasteiger partial charge in [-0.25, -0.2) is 0 Å². The predicted octanol–water partition coefficient (Wildman–Crippen LogP) is 2.20. The molecule has 1 saturated heterocycles. The highest BCUT2D eigenvalue weighted by molar-refractivity contribution is 5.88. The summed E-state index contributed by atoms with van der Waals surface area (Å²) in [6.07, 6.45) is 7.44. The molecule has 0 bridgehead atoms. The van der Waals surface area contributed by atoms with Gasteiger partial charge in [-0.05, 0) is 45.1 Å². The van der Waals surface area contributed by atoms with Gasteiger partial charge in [0.05, 0.1) is 18.7 Å². The number of likely N-dealkylation sites (N-methyl/N-ethyl adjacent to an activating group) is 1. The number of aliphatic hydroxyl groups excluding tert-OH is 1. The second-order valence-electron chi connectivity index (χ2n) is 9.86. The molecule has 0 saturated carbocycles. The van der Waals surface area contributed by atoms with Crippen LogP contribution in [-0.4, -0.2) is 72.6 Å². The number of rotatable bonds is 7. The number of nitrogens with one attached hydrogen (secondary N) is 3. The molecule has 1 rings (SSSR count). The van der Waals surface area contributed by atoms with E-state index in [4.69, 9.17) is 0 Å². The number of carbonyl (C=O) groups excluding carboxylic acids is 3. The lowest BCUT2D eigenvalue weighted by molar-refractivity contribution is -0.138. The summed E-state index contributed by atoms with van der Waals surface area (Å²) >= 11 is 0. The third kappa shape index (κ3) is 11.3. The Hall–Kier alpha value is -1.67. The summed E-state index contributed by atoms with van der Waals surface area (Å²) in [5, 5.41) is 20.1. The molecular weight excluding hydrogens is 420 g/mol. The minimum Gasteiger partial charge on any atom is -0.391 e. The fourth-order valence-corrected chi connectivity index (χ4v) is 4.17. The van der Waals surface area contributed by atoms with Crippen molar-refractivity contribution in [2.24, 2.45) is 11.8 Å². The van der Waals surface area contributed by atoms with E-state index in [-0.39, 0.29) is 36.6 Å². The van der Waals surface area contributed by atoms with E-state index in [0.717, 1.165) is 51.5 Å². The zero-order chi connectivity index (χ0) is 24.8. The van der Waals surface area contributed by atoms with Crippen molar-refractivity contribution in [3.05, 3.63) is 0 Å². The molecule has 0 spiro atoms. The van der Waals surface area contributed by atoms with Crippen LogP contribution in [0.15, 0.2) is 0 Å². The molecule has 8 nitrogen and oxygen atoms in total. The van der Waals surface area contributed by atoms with Crippen LogP contribution in [0, 0.1) is 11.8 Å². The molecule has 1 aliphatic heterocycles. The van der Waals surface area contributed by atoms with Crippen molar-refractivity contribution < 1.29 is 19.5 Å². The zero-order valence-corrected chi connectivity index (χ0v) is 21.5. The monoisotopic (exact) mass is 468 g/mol. The molecule has 4 N–H and O–H groups in total. The Morgan fingerprint density at radius 1 is 1.21 bits per heavy atom. The maximum Gasteiger partial charge on any atom is 0.242 e. The number of hydrogen-bond donors (Lipinski definition) is 4. The lowest BCUT2D eigenvalue weighted by Gasteiger charge is -2.31. The topological polar surface area (TPSA) is 111 Å². The molecule has 3 amide bonds. The molecule has 33 heavy (non-hydrogen) atoms. The van der Waals surface area contributed by atoms with Gasteiger partial charge in [0.15, 0.2) is 0 Å². The van der Waals surface area contributed by atoms with Crippen LogP contribution in [0.4, 0.5) is 0 Å². The largest absolute Gasteiger partial charge is 0.391 e. The first kappa shape index (κ1) is 29.4. The van der Waals surface area contributed by atoms with E-state index in [2.05, 4.69) is 29.8 Å². The van der Waals surface area contributed by atoms with Gasteiger partial charge in [0.2, 0.25) is 17.7 Å². The van der Waals surface area contributed by atoms with Crippen molar-refractivity contribution in [1.29, 1.82) is 0 Å². The van der Waals surface area contributed by atoms with Crippen molar-refractivity contribution in [3.8, 4) is 0 Å². The molecule has 0 aliphatic carbocycles. The smallest absolute Gasteiger partial charge is 0.242 e. The van der Waals surface area contributed by atoms with Crippen molar-refractivity contribution >= 4 is 17.7 Å². The number of amides is 3. The van der Waals surface area contributed by atoms with Crippen molar-refractivity contribution in [1.82, 2.24) is 20.9 Å². The van der Waals surface area contributed by atoms with Crippen molar-refractivity contribution in [2.45, 2.75) is 104 Å². The summed E-state index contributed by atoms with van der Waals surface area (Å²) in [6, 6.07) is -1.11. The Morgan fingerprint density at radius 3 is 2.61 bits per heavy atom. The van der Waals surface area contributed by atoms with Crippen LogP contribution in [0.25, 0.3) is 0 Å². The van der Waals surface area contributed by atoms with Gasteiger partial charge in [0.25, 0.3) is 0 Å². The Balaban J connectivity index is 2.86. The van der Waals surface area contributed by atoms with Crippen LogP contribution in [0.5, 0.6) is 0 Å². The summed E-state index contributed by atoms with van der Waals surface area (Å²) < 4.78 is 0. The zero-order valence-electron chi connectivity index (χ0n) is 21.5. The molecule has 1 fully saturated rings. The Morgan fingerprint density at radius 2 is 1.91 bits per heavy atom. The van der Waals surface area contributed by atoms with Crippen LogP contribution < -0.4 is 16.0 Å². The molecule has 0 radical (unpaired) electrons. The molecular formula is C25H48N4O4. The molecule has 0 aromatic carbocycles. The number of carbonyl (C=O) groups is 3.